The van der Waals surface area contributed by atoms with Crippen LogP contribution in [0.2, 0.25) is 0 Å². The minimum atomic E-state index is -1.20. The number of anilines is 1. The maximum atomic E-state index is 11.5. The maximum Gasteiger partial charge on any atom is 0.338 e. The van der Waals surface area contributed by atoms with Gasteiger partial charge < -0.3 is 10.8 Å². The summed E-state index contributed by atoms with van der Waals surface area (Å²) in [6, 6.07) is 4.32. The number of carboxylic acid groups (broad SMARTS) is 1. The van der Waals surface area contributed by atoms with Crippen LogP contribution in [0.3, 0.4) is 0 Å². The molecule has 0 aliphatic carbocycles. The Morgan fingerprint density at radius 3 is 2.57 bits per heavy atom. The lowest BCUT2D eigenvalue weighted by atomic mass is 10.2. The number of aromatic amines is 2. The summed E-state index contributed by atoms with van der Waals surface area (Å²) in [7, 11) is 0. The lowest BCUT2D eigenvalue weighted by Crippen LogP contribution is -2.23. The minimum Gasteiger partial charge on any atom is -0.478 e. The smallest absolute Gasteiger partial charge is 0.338 e. The largest absolute Gasteiger partial charge is 0.478 e. The molecule has 0 radical (unpaired) electrons. The summed E-state index contributed by atoms with van der Waals surface area (Å²) in [5.41, 5.74) is 3.48. The van der Waals surface area contributed by atoms with E-state index in [0.29, 0.717) is 4.47 Å². The molecule has 0 spiro atoms. The van der Waals surface area contributed by atoms with E-state index < -0.39 is 17.2 Å². The number of azo groups is 1. The maximum absolute atomic E-state index is 11.5. The second-order valence-electron chi connectivity index (χ2n) is 3.84. The third kappa shape index (κ3) is 3.23. The number of aromatic carboxylic acids is 1. The molecule has 9 nitrogen and oxygen atoms in total. The Hall–Kier alpha value is -2.75. The fraction of sp³-hybridized carbons (Fsp3) is 0. The molecule has 0 saturated heterocycles. The van der Waals surface area contributed by atoms with Crippen molar-refractivity contribution in [2.75, 3.05) is 5.73 Å². The first kappa shape index (κ1) is 14.7. The van der Waals surface area contributed by atoms with Crippen molar-refractivity contribution in [1.82, 2.24) is 9.97 Å². The van der Waals surface area contributed by atoms with Crippen molar-refractivity contribution >= 4 is 39.1 Å². The number of nitrogens with one attached hydrogen (secondary N) is 2. The molecule has 2 aromatic rings. The molecule has 0 saturated carbocycles. The van der Waals surface area contributed by atoms with Crippen molar-refractivity contribution in [3.05, 3.63) is 49.1 Å². The van der Waals surface area contributed by atoms with Crippen LogP contribution in [0.15, 0.2) is 42.5 Å². The molecule has 10 heteroatoms. The number of H-pyrrole nitrogens is 2. The SMILES string of the molecule is Nc1[nH]c(=O)[nH]c(=O)c1N=Nc1ccc(Br)cc1C(=O)O. The van der Waals surface area contributed by atoms with Gasteiger partial charge in [0, 0.05) is 4.47 Å². The highest BCUT2D eigenvalue weighted by Gasteiger charge is 2.11. The number of aromatic nitrogens is 2. The van der Waals surface area contributed by atoms with E-state index in [4.69, 9.17) is 10.8 Å². The van der Waals surface area contributed by atoms with Gasteiger partial charge >= 0.3 is 11.7 Å². The van der Waals surface area contributed by atoms with Crippen molar-refractivity contribution in [2.24, 2.45) is 10.2 Å². The average Bonchev–Trinajstić information content (AvgIpc) is 2.38. The molecule has 21 heavy (non-hydrogen) atoms. The average molecular weight is 354 g/mol. The van der Waals surface area contributed by atoms with Crippen LogP contribution >= 0.6 is 15.9 Å². The molecule has 0 fully saturated rings. The Labute approximate surface area is 124 Å². The summed E-state index contributed by atoms with van der Waals surface area (Å²) < 4.78 is 0.556. The Balaban J connectivity index is 2.50. The molecule has 0 amide bonds. The van der Waals surface area contributed by atoms with Crippen LogP contribution in [-0.2, 0) is 0 Å². The highest BCUT2D eigenvalue weighted by Crippen LogP contribution is 2.25. The van der Waals surface area contributed by atoms with E-state index in [0.717, 1.165) is 0 Å². The van der Waals surface area contributed by atoms with E-state index in [1.807, 2.05) is 4.98 Å². The van der Waals surface area contributed by atoms with Gasteiger partial charge in [-0.3, -0.25) is 14.8 Å². The highest BCUT2D eigenvalue weighted by molar-refractivity contribution is 9.10. The van der Waals surface area contributed by atoms with Gasteiger partial charge in [-0.05, 0) is 18.2 Å². The summed E-state index contributed by atoms with van der Waals surface area (Å²) >= 11 is 3.14. The molecular formula is C11H8BrN5O4. The van der Waals surface area contributed by atoms with Gasteiger partial charge in [0.2, 0.25) is 0 Å². The Bertz CT molecular complexity index is 854. The lowest BCUT2D eigenvalue weighted by molar-refractivity contribution is 0.0697. The first-order valence-electron chi connectivity index (χ1n) is 5.45. The summed E-state index contributed by atoms with van der Waals surface area (Å²) in [4.78, 5) is 37.7. The van der Waals surface area contributed by atoms with Gasteiger partial charge in [0.1, 0.15) is 11.5 Å². The summed E-state index contributed by atoms with van der Waals surface area (Å²) in [5.74, 6) is -1.46. The first-order chi connectivity index (χ1) is 9.88. The van der Waals surface area contributed by atoms with Crippen LogP contribution in [-0.4, -0.2) is 21.0 Å². The number of halogens is 1. The van der Waals surface area contributed by atoms with Gasteiger partial charge in [0.15, 0.2) is 5.69 Å². The number of hydrogen-bond acceptors (Lipinski definition) is 6. The van der Waals surface area contributed by atoms with E-state index in [1.165, 1.54) is 12.1 Å². The summed E-state index contributed by atoms with van der Waals surface area (Å²) in [6.45, 7) is 0. The van der Waals surface area contributed by atoms with Crippen LogP contribution in [0.4, 0.5) is 17.2 Å². The summed E-state index contributed by atoms with van der Waals surface area (Å²) in [6.07, 6.45) is 0. The van der Waals surface area contributed by atoms with Gasteiger partial charge in [-0.25, -0.2) is 9.59 Å². The number of carbonyl (C=O) groups is 1. The first-order valence-corrected chi connectivity index (χ1v) is 6.24. The number of carboxylic acids is 1. The molecule has 0 bridgehead atoms. The molecule has 2 rings (SSSR count). The standard InChI is InChI=1S/C11H8BrN5O4/c12-4-1-2-6(5(3-4)10(19)20)16-17-7-8(13)14-11(21)15-9(7)18/h1-3H,(H,19,20)(H4,13,14,15,18,21). The van der Waals surface area contributed by atoms with E-state index in [-0.39, 0.29) is 22.8 Å². The van der Waals surface area contributed by atoms with Crippen LogP contribution in [0.1, 0.15) is 10.4 Å². The third-order valence-corrected chi connectivity index (χ3v) is 2.89. The Kier molecular flexibility index (Phi) is 3.98. The molecule has 1 aromatic carbocycles. The molecule has 1 aromatic heterocycles. The van der Waals surface area contributed by atoms with Crippen molar-refractivity contribution in [2.45, 2.75) is 0 Å². The molecule has 0 atom stereocenters. The number of rotatable bonds is 3. The molecule has 0 aliphatic heterocycles. The summed E-state index contributed by atoms with van der Waals surface area (Å²) in [5, 5.41) is 16.4. The van der Waals surface area contributed by atoms with Crippen LogP contribution in [0.25, 0.3) is 0 Å². The zero-order valence-electron chi connectivity index (χ0n) is 10.3. The minimum absolute atomic E-state index is 0.0377. The Morgan fingerprint density at radius 1 is 1.24 bits per heavy atom. The number of nitrogens with zero attached hydrogens (tertiary/aromatic N) is 2. The third-order valence-electron chi connectivity index (χ3n) is 2.39. The van der Waals surface area contributed by atoms with E-state index in [1.54, 1.807) is 6.07 Å². The number of nitrogens with two attached hydrogens (primary N) is 1. The predicted octanol–water partition coefficient (Wildman–Crippen LogP) is 1.52. The van der Waals surface area contributed by atoms with E-state index in [9.17, 15) is 14.4 Å². The number of hydrogen-bond donors (Lipinski definition) is 4. The second-order valence-corrected chi connectivity index (χ2v) is 4.75. The fourth-order valence-electron chi connectivity index (χ4n) is 1.47. The van der Waals surface area contributed by atoms with E-state index >= 15 is 0 Å². The molecular weight excluding hydrogens is 346 g/mol. The quantitative estimate of drug-likeness (QED) is 0.615. The van der Waals surface area contributed by atoms with Crippen molar-refractivity contribution in [3.8, 4) is 0 Å². The predicted molar refractivity (Wildman–Crippen MR) is 77.4 cm³/mol. The van der Waals surface area contributed by atoms with Crippen molar-refractivity contribution in [1.29, 1.82) is 0 Å². The topological polar surface area (TPSA) is 154 Å². The molecule has 5 N–H and O–H groups in total. The van der Waals surface area contributed by atoms with Gasteiger partial charge in [-0.1, -0.05) is 15.9 Å². The Morgan fingerprint density at radius 2 is 1.95 bits per heavy atom. The van der Waals surface area contributed by atoms with Crippen LogP contribution < -0.4 is 17.0 Å². The van der Waals surface area contributed by atoms with Crippen LogP contribution in [0.5, 0.6) is 0 Å². The monoisotopic (exact) mass is 353 g/mol. The van der Waals surface area contributed by atoms with E-state index in [2.05, 4.69) is 31.1 Å². The van der Waals surface area contributed by atoms with Gasteiger partial charge in [-0.2, -0.15) is 0 Å². The lowest BCUT2D eigenvalue weighted by Gasteiger charge is -2.01. The highest BCUT2D eigenvalue weighted by atomic mass is 79.9. The number of nitrogen functional groups attached to an aromatic ring is 1. The molecule has 1 heterocycles. The zero-order valence-corrected chi connectivity index (χ0v) is 11.8. The van der Waals surface area contributed by atoms with Gasteiger partial charge in [0.05, 0.1) is 5.56 Å². The van der Waals surface area contributed by atoms with Crippen molar-refractivity contribution in [3.63, 3.8) is 0 Å². The van der Waals surface area contributed by atoms with Gasteiger partial charge in [-0.15, -0.1) is 10.2 Å². The fourth-order valence-corrected chi connectivity index (χ4v) is 1.83. The molecule has 0 unspecified atom stereocenters. The zero-order chi connectivity index (χ0) is 15.6. The molecule has 0 aliphatic rings. The molecule has 108 valence electrons. The number of benzene rings is 1. The normalized spacial score (nSPS) is 10.9. The van der Waals surface area contributed by atoms with Crippen LogP contribution in [0, 0.1) is 0 Å². The second kappa shape index (κ2) is 5.71. The van der Waals surface area contributed by atoms with Crippen molar-refractivity contribution < 1.29 is 9.90 Å². The van der Waals surface area contributed by atoms with Gasteiger partial charge in [0.25, 0.3) is 5.56 Å².